The molecule has 0 spiro atoms. The fourth-order valence-corrected chi connectivity index (χ4v) is 2.64. The molecule has 1 amide bonds. The van der Waals surface area contributed by atoms with Gasteiger partial charge >= 0.3 is 0 Å². The Bertz CT molecular complexity index is 648. The molecule has 0 N–H and O–H groups in total. The van der Waals surface area contributed by atoms with E-state index in [1.807, 2.05) is 11.0 Å². The van der Waals surface area contributed by atoms with Gasteiger partial charge in [-0.3, -0.25) is 14.8 Å². The molecule has 0 aliphatic carbocycles. The molecule has 6 heteroatoms. The van der Waals surface area contributed by atoms with Crippen molar-refractivity contribution in [1.29, 1.82) is 0 Å². The van der Waals surface area contributed by atoms with Crippen molar-refractivity contribution in [3.8, 4) is 11.6 Å². The van der Waals surface area contributed by atoms with Gasteiger partial charge in [-0.15, -0.1) is 0 Å². The van der Waals surface area contributed by atoms with Crippen molar-refractivity contribution in [2.75, 3.05) is 13.1 Å². The highest BCUT2D eigenvalue weighted by atomic mass is 16.5. The van der Waals surface area contributed by atoms with E-state index >= 15 is 0 Å². The van der Waals surface area contributed by atoms with E-state index in [0.29, 0.717) is 18.2 Å². The molecule has 3 rings (SSSR count). The fourth-order valence-electron chi connectivity index (χ4n) is 2.64. The first-order valence-corrected chi connectivity index (χ1v) is 7.37. The highest BCUT2D eigenvalue weighted by molar-refractivity contribution is 5.73. The number of aromatic nitrogens is 3. The van der Waals surface area contributed by atoms with Gasteiger partial charge in [-0.05, 0) is 25.0 Å². The van der Waals surface area contributed by atoms with E-state index in [4.69, 9.17) is 4.74 Å². The van der Waals surface area contributed by atoms with E-state index in [1.54, 1.807) is 37.8 Å². The zero-order valence-corrected chi connectivity index (χ0v) is 12.5. The van der Waals surface area contributed by atoms with Crippen LogP contribution < -0.4 is 4.74 Å². The number of carbonyl (C=O) groups is 1. The van der Waals surface area contributed by atoms with Gasteiger partial charge in [-0.1, -0.05) is 0 Å². The van der Waals surface area contributed by atoms with Crippen LogP contribution in [-0.2, 0) is 4.79 Å². The van der Waals surface area contributed by atoms with Crippen LogP contribution in [0.25, 0.3) is 0 Å². The molecular formula is C16H18N4O2. The summed E-state index contributed by atoms with van der Waals surface area (Å²) in [5, 5.41) is 0. The third-order valence-corrected chi connectivity index (χ3v) is 3.77. The van der Waals surface area contributed by atoms with Crippen LogP contribution in [0.5, 0.6) is 11.6 Å². The summed E-state index contributed by atoms with van der Waals surface area (Å²) < 4.78 is 5.67. The van der Waals surface area contributed by atoms with Gasteiger partial charge in [0.05, 0.1) is 18.1 Å². The number of carbonyl (C=O) groups excluding carboxylic acids is 1. The maximum atomic E-state index is 11.5. The zero-order chi connectivity index (χ0) is 15.4. The molecule has 0 bridgehead atoms. The van der Waals surface area contributed by atoms with Crippen LogP contribution in [0.3, 0.4) is 0 Å². The number of piperidine rings is 1. The van der Waals surface area contributed by atoms with Gasteiger partial charge in [-0.2, -0.15) is 0 Å². The van der Waals surface area contributed by atoms with E-state index in [9.17, 15) is 4.79 Å². The standard InChI is InChI=1S/C16H18N4O2/c1-12(21)20-7-3-4-13(11-20)15-9-18-10-16(19-15)22-14-5-2-6-17-8-14/h2,5-6,8-10,13H,3-4,7,11H2,1H3. The second-order valence-corrected chi connectivity index (χ2v) is 5.38. The predicted molar refractivity (Wildman–Crippen MR) is 80.6 cm³/mol. The summed E-state index contributed by atoms with van der Waals surface area (Å²) in [6, 6.07) is 3.62. The van der Waals surface area contributed by atoms with Crippen LogP contribution in [-0.4, -0.2) is 38.8 Å². The summed E-state index contributed by atoms with van der Waals surface area (Å²) in [5.74, 6) is 1.40. The first kappa shape index (κ1) is 14.4. The van der Waals surface area contributed by atoms with Crippen LogP contribution in [0.2, 0.25) is 0 Å². The molecule has 2 aromatic heterocycles. The molecule has 114 valence electrons. The molecule has 0 saturated carbocycles. The molecule has 22 heavy (non-hydrogen) atoms. The number of hydrogen-bond acceptors (Lipinski definition) is 5. The van der Waals surface area contributed by atoms with Crippen molar-refractivity contribution in [1.82, 2.24) is 19.9 Å². The molecular weight excluding hydrogens is 280 g/mol. The lowest BCUT2D eigenvalue weighted by atomic mass is 9.95. The molecule has 2 aromatic rings. The SMILES string of the molecule is CC(=O)N1CCCC(c2cncc(Oc3cccnc3)n2)C1. The van der Waals surface area contributed by atoms with E-state index in [2.05, 4.69) is 15.0 Å². The van der Waals surface area contributed by atoms with Gasteiger partial charge in [0.15, 0.2) is 0 Å². The largest absolute Gasteiger partial charge is 0.436 e. The summed E-state index contributed by atoms with van der Waals surface area (Å²) >= 11 is 0. The minimum absolute atomic E-state index is 0.112. The molecule has 3 heterocycles. The fraction of sp³-hybridized carbons (Fsp3) is 0.375. The Balaban J connectivity index is 1.75. The first-order chi connectivity index (χ1) is 10.7. The van der Waals surface area contributed by atoms with Crippen molar-refractivity contribution in [3.63, 3.8) is 0 Å². The minimum atomic E-state index is 0.112. The monoisotopic (exact) mass is 298 g/mol. The molecule has 1 fully saturated rings. The Kier molecular flexibility index (Phi) is 4.27. The van der Waals surface area contributed by atoms with E-state index in [0.717, 1.165) is 25.1 Å². The van der Waals surface area contributed by atoms with Gasteiger partial charge in [-0.25, -0.2) is 4.98 Å². The summed E-state index contributed by atoms with van der Waals surface area (Å²) in [4.78, 5) is 26.2. The Morgan fingerprint density at radius 1 is 1.32 bits per heavy atom. The number of amides is 1. The maximum Gasteiger partial charge on any atom is 0.238 e. The van der Waals surface area contributed by atoms with Crippen molar-refractivity contribution >= 4 is 5.91 Å². The van der Waals surface area contributed by atoms with Crippen LogP contribution in [0.15, 0.2) is 36.9 Å². The summed E-state index contributed by atoms with van der Waals surface area (Å²) in [7, 11) is 0. The van der Waals surface area contributed by atoms with Gasteiger partial charge in [0.1, 0.15) is 5.75 Å². The Morgan fingerprint density at radius 3 is 3.00 bits per heavy atom. The number of pyridine rings is 1. The maximum absolute atomic E-state index is 11.5. The van der Waals surface area contributed by atoms with Gasteiger partial charge in [0.25, 0.3) is 0 Å². The second-order valence-electron chi connectivity index (χ2n) is 5.38. The number of ether oxygens (including phenoxy) is 1. The minimum Gasteiger partial charge on any atom is -0.436 e. The summed E-state index contributed by atoms with van der Waals surface area (Å²) in [5.41, 5.74) is 0.868. The number of nitrogens with zero attached hydrogens (tertiary/aromatic N) is 4. The lowest BCUT2D eigenvalue weighted by Crippen LogP contribution is -2.37. The second kappa shape index (κ2) is 6.51. The van der Waals surface area contributed by atoms with E-state index in [1.165, 1.54) is 0 Å². The molecule has 1 unspecified atom stereocenters. The summed E-state index contributed by atoms with van der Waals surface area (Å²) in [6.45, 7) is 3.13. The van der Waals surface area contributed by atoms with Crippen LogP contribution >= 0.6 is 0 Å². The molecule has 6 nitrogen and oxygen atoms in total. The van der Waals surface area contributed by atoms with Crippen LogP contribution in [0, 0.1) is 0 Å². The van der Waals surface area contributed by atoms with Crippen LogP contribution in [0.1, 0.15) is 31.4 Å². The molecule has 1 aliphatic heterocycles. The first-order valence-electron chi connectivity index (χ1n) is 7.37. The molecule has 1 atom stereocenters. The highest BCUT2D eigenvalue weighted by Gasteiger charge is 2.24. The van der Waals surface area contributed by atoms with E-state index in [-0.39, 0.29) is 11.8 Å². The molecule has 0 radical (unpaired) electrons. The normalized spacial score (nSPS) is 18.0. The number of rotatable bonds is 3. The van der Waals surface area contributed by atoms with Crippen molar-refractivity contribution in [3.05, 3.63) is 42.6 Å². The summed E-state index contributed by atoms with van der Waals surface area (Å²) in [6.07, 6.45) is 8.65. The average Bonchev–Trinajstić information content (AvgIpc) is 2.56. The lowest BCUT2D eigenvalue weighted by Gasteiger charge is -2.31. The van der Waals surface area contributed by atoms with Gasteiger partial charge in [0.2, 0.25) is 11.8 Å². The van der Waals surface area contributed by atoms with E-state index < -0.39 is 0 Å². The Labute approximate surface area is 129 Å². The third-order valence-electron chi connectivity index (χ3n) is 3.77. The van der Waals surface area contributed by atoms with Crippen molar-refractivity contribution in [2.24, 2.45) is 0 Å². The topological polar surface area (TPSA) is 68.2 Å². The third kappa shape index (κ3) is 3.39. The van der Waals surface area contributed by atoms with Crippen molar-refractivity contribution < 1.29 is 9.53 Å². The molecule has 1 aliphatic rings. The van der Waals surface area contributed by atoms with Gasteiger partial charge < -0.3 is 9.64 Å². The highest BCUT2D eigenvalue weighted by Crippen LogP contribution is 2.27. The average molecular weight is 298 g/mol. The van der Waals surface area contributed by atoms with Crippen LogP contribution in [0.4, 0.5) is 0 Å². The smallest absolute Gasteiger partial charge is 0.238 e. The molecule has 0 aromatic carbocycles. The lowest BCUT2D eigenvalue weighted by molar-refractivity contribution is -0.130. The number of likely N-dealkylation sites (tertiary alicyclic amines) is 1. The zero-order valence-electron chi connectivity index (χ0n) is 12.5. The molecule has 1 saturated heterocycles. The Morgan fingerprint density at radius 2 is 2.23 bits per heavy atom. The van der Waals surface area contributed by atoms with Crippen molar-refractivity contribution in [2.45, 2.75) is 25.7 Å². The number of hydrogen-bond donors (Lipinski definition) is 0. The Hall–Kier alpha value is -2.50. The van der Waals surface area contributed by atoms with Gasteiger partial charge in [0, 0.05) is 38.3 Å². The quantitative estimate of drug-likeness (QED) is 0.870. The predicted octanol–water partition coefficient (Wildman–Crippen LogP) is 2.39.